The lowest BCUT2D eigenvalue weighted by molar-refractivity contribution is 0.168. The molecule has 0 aliphatic heterocycles. The largest absolute Gasteiger partial charge is 0.497 e. The van der Waals surface area contributed by atoms with Gasteiger partial charge in [-0.05, 0) is 36.8 Å². The quantitative estimate of drug-likeness (QED) is 0.821. The van der Waals surface area contributed by atoms with E-state index in [1.165, 1.54) is 0 Å². The van der Waals surface area contributed by atoms with E-state index >= 15 is 0 Å². The van der Waals surface area contributed by atoms with Crippen LogP contribution in [0.4, 0.5) is 0 Å². The molecule has 1 heterocycles. The van der Waals surface area contributed by atoms with Crippen molar-refractivity contribution in [2.24, 2.45) is 0 Å². The van der Waals surface area contributed by atoms with Gasteiger partial charge in [0.15, 0.2) is 0 Å². The van der Waals surface area contributed by atoms with Gasteiger partial charge in [-0.15, -0.1) is 0 Å². The minimum absolute atomic E-state index is 0.0607. The molecule has 0 amide bonds. The van der Waals surface area contributed by atoms with Crippen LogP contribution in [0, 0.1) is 0 Å². The molecule has 21 heavy (non-hydrogen) atoms. The van der Waals surface area contributed by atoms with Crippen molar-refractivity contribution in [3.63, 3.8) is 0 Å². The Bertz CT molecular complexity index is 565. The summed E-state index contributed by atoms with van der Waals surface area (Å²) in [6.45, 7) is 4.54. The van der Waals surface area contributed by atoms with Crippen LogP contribution in [0.15, 0.2) is 40.8 Å². The molecule has 4 nitrogen and oxygen atoms in total. The fourth-order valence-corrected chi connectivity index (χ4v) is 2.17. The molecule has 2 N–H and O–H groups in total. The first kappa shape index (κ1) is 15.6. The molecule has 2 rings (SSSR count). The van der Waals surface area contributed by atoms with Gasteiger partial charge in [-0.25, -0.2) is 0 Å². The molecule has 0 radical (unpaired) electrons. The van der Waals surface area contributed by atoms with E-state index in [0.717, 1.165) is 29.3 Å². The summed E-state index contributed by atoms with van der Waals surface area (Å²) in [4.78, 5) is 0. The Hall–Kier alpha value is -1.78. The number of ether oxygens (including phenoxy) is 1. The summed E-state index contributed by atoms with van der Waals surface area (Å²) in [7, 11) is 1.62. The van der Waals surface area contributed by atoms with Gasteiger partial charge in [0.2, 0.25) is 0 Å². The molecule has 2 aromatic rings. The van der Waals surface area contributed by atoms with E-state index in [9.17, 15) is 5.11 Å². The van der Waals surface area contributed by atoms with Gasteiger partial charge in [-0.1, -0.05) is 19.1 Å². The molecular formula is C17H23NO3. The van der Waals surface area contributed by atoms with Crippen molar-refractivity contribution in [2.75, 3.05) is 13.7 Å². The normalized spacial score (nSPS) is 13.9. The van der Waals surface area contributed by atoms with Crippen LogP contribution < -0.4 is 10.1 Å². The summed E-state index contributed by atoms with van der Waals surface area (Å²) in [5, 5.41) is 13.5. The van der Waals surface area contributed by atoms with Crippen molar-refractivity contribution in [3.8, 4) is 5.75 Å². The molecule has 1 aromatic heterocycles. The average molecular weight is 289 g/mol. The highest BCUT2D eigenvalue weighted by Crippen LogP contribution is 2.20. The zero-order valence-corrected chi connectivity index (χ0v) is 12.8. The van der Waals surface area contributed by atoms with Crippen LogP contribution in [0.1, 0.15) is 43.1 Å². The highest BCUT2D eigenvalue weighted by Gasteiger charge is 2.13. The lowest BCUT2D eigenvalue weighted by atomic mass is 10.1. The van der Waals surface area contributed by atoms with Gasteiger partial charge in [0.25, 0.3) is 0 Å². The third-order valence-corrected chi connectivity index (χ3v) is 3.55. The SMILES string of the molecule is CCc1ccc(C(C)NCC(O)c2cccc(OC)c2)o1. The van der Waals surface area contributed by atoms with Gasteiger partial charge in [-0.2, -0.15) is 0 Å². The molecule has 1 aromatic carbocycles. The zero-order valence-electron chi connectivity index (χ0n) is 12.8. The topological polar surface area (TPSA) is 54.6 Å². The molecule has 2 atom stereocenters. The highest BCUT2D eigenvalue weighted by atomic mass is 16.5. The smallest absolute Gasteiger partial charge is 0.120 e. The molecule has 2 unspecified atom stereocenters. The second-order valence-electron chi connectivity index (χ2n) is 5.08. The van der Waals surface area contributed by atoms with Gasteiger partial charge in [0, 0.05) is 13.0 Å². The van der Waals surface area contributed by atoms with Crippen LogP contribution >= 0.6 is 0 Å². The molecule has 0 aliphatic carbocycles. The maximum absolute atomic E-state index is 10.2. The van der Waals surface area contributed by atoms with E-state index in [1.807, 2.05) is 43.3 Å². The molecule has 0 bridgehead atoms. The Morgan fingerprint density at radius 1 is 1.29 bits per heavy atom. The standard InChI is InChI=1S/C17H23NO3/c1-4-14-8-9-17(21-14)12(2)18-11-16(19)13-6-5-7-15(10-13)20-3/h5-10,12,16,18-19H,4,11H2,1-3H3. The highest BCUT2D eigenvalue weighted by molar-refractivity contribution is 5.30. The number of methoxy groups -OCH3 is 1. The number of benzene rings is 1. The predicted octanol–water partition coefficient (Wildman–Crippen LogP) is 3.23. The zero-order chi connectivity index (χ0) is 15.2. The molecule has 0 spiro atoms. The number of aryl methyl sites for hydroxylation is 1. The number of nitrogens with one attached hydrogen (secondary N) is 1. The molecule has 0 saturated heterocycles. The van der Waals surface area contributed by atoms with Gasteiger partial charge >= 0.3 is 0 Å². The summed E-state index contributed by atoms with van der Waals surface area (Å²) in [6, 6.07) is 11.5. The molecule has 0 fully saturated rings. The molecule has 0 aliphatic rings. The van der Waals surface area contributed by atoms with Crippen LogP contribution in [0.2, 0.25) is 0 Å². The lowest BCUT2D eigenvalue weighted by Gasteiger charge is -2.16. The summed E-state index contributed by atoms with van der Waals surface area (Å²) in [5.74, 6) is 2.62. The van der Waals surface area contributed by atoms with Gasteiger partial charge in [-0.3, -0.25) is 0 Å². The van der Waals surface area contributed by atoms with Crippen molar-refractivity contribution >= 4 is 0 Å². The van der Waals surface area contributed by atoms with Crippen molar-refractivity contribution in [1.82, 2.24) is 5.32 Å². The summed E-state index contributed by atoms with van der Waals surface area (Å²) in [6.07, 6.45) is 0.308. The van der Waals surface area contributed by atoms with Crippen molar-refractivity contribution < 1.29 is 14.3 Å². The molecule has 4 heteroatoms. The van der Waals surface area contributed by atoms with E-state index in [4.69, 9.17) is 9.15 Å². The van der Waals surface area contributed by atoms with E-state index in [2.05, 4.69) is 12.2 Å². The number of hydrogen-bond donors (Lipinski definition) is 2. The van der Waals surface area contributed by atoms with Gasteiger partial charge < -0.3 is 19.6 Å². The fraction of sp³-hybridized carbons (Fsp3) is 0.412. The third-order valence-electron chi connectivity index (χ3n) is 3.55. The van der Waals surface area contributed by atoms with Gasteiger partial charge in [0.1, 0.15) is 17.3 Å². The fourth-order valence-electron chi connectivity index (χ4n) is 2.17. The Kier molecular flexibility index (Phi) is 5.42. The number of aliphatic hydroxyl groups is 1. The van der Waals surface area contributed by atoms with E-state index in [-0.39, 0.29) is 6.04 Å². The number of furan rings is 1. The molecule has 0 saturated carbocycles. The first-order valence-electron chi connectivity index (χ1n) is 7.28. The van der Waals surface area contributed by atoms with Crippen LogP contribution in [0.25, 0.3) is 0 Å². The van der Waals surface area contributed by atoms with E-state index in [1.54, 1.807) is 7.11 Å². The lowest BCUT2D eigenvalue weighted by Crippen LogP contribution is -2.24. The molecule has 114 valence electrons. The second kappa shape index (κ2) is 7.29. The maximum Gasteiger partial charge on any atom is 0.120 e. The minimum atomic E-state index is -0.580. The minimum Gasteiger partial charge on any atom is -0.497 e. The second-order valence-corrected chi connectivity index (χ2v) is 5.08. The van der Waals surface area contributed by atoms with Crippen LogP contribution in [-0.2, 0) is 6.42 Å². The Morgan fingerprint density at radius 3 is 2.76 bits per heavy atom. The number of rotatable bonds is 7. The summed E-state index contributed by atoms with van der Waals surface area (Å²) < 4.78 is 10.9. The Morgan fingerprint density at radius 2 is 2.10 bits per heavy atom. The first-order chi connectivity index (χ1) is 10.1. The van der Waals surface area contributed by atoms with Crippen LogP contribution in [0.3, 0.4) is 0 Å². The van der Waals surface area contributed by atoms with Crippen LogP contribution in [-0.4, -0.2) is 18.8 Å². The van der Waals surface area contributed by atoms with Crippen LogP contribution in [0.5, 0.6) is 5.75 Å². The van der Waals surface area contributed by atoms with Crippen molar-refractivity contribution in [2.45, 2.75) is 32.4 Å². The van der Waals surface area contributed by atoms with E-state index < -0.39 is 6.10 Å². The Labute approximate surface area is 125 Å². The number of hydrogen-bond acceptors (Lipinski definition) is 4. The first-order valence-corrected chi connectivity index (χ1v) is 7.28. The predicted molar refractivity (Wildman–Crippen MR) is 82.5 cm³/mol. The van der Waals surface area contributed by atoms with Gasteiger partial charge in [0.05, 0.1) is 19.3 Å². The monoisotopic (exact) mass is 289 g/mol. The van der Waals surface area contributed by atoms with Crippen molar-refractivity contribution in [1.29, 1.82) is 0 Å². The van der Waals surface area contributed by atoms with Crippen molar-refractivity contribution in [3.05, 3.63) is 53.5 Å². The maximum atomic E-state index is 10.2. The molecular weight excluding hydrogens is 266 g/mol. The third kappa shape index (κ3) is 4.09. The van der Waals surface area contributed by atoms with E-state index in [0.29, 0.717) is 6.54 Å². The Balaban J connectivity index is 1.92. The number of aliphatic hydroxyl groups excluding tert-OH is 1. The average Bonchev–Trinajstić information content (AvgIpc) is 3.01. The summed E-state index contributed by atoms with van der Waals surface area (Å²) in [5.41, 5.74) is 0.836. The summed E-state index contributed by atoms with van der Waals surface area (Å²) >= 11 is 0.